The van der Waals surface area contributed by atoms with Crippen LogP contribution in [-0.2, 0) is 0 Å². The van der Waals surface area contributed by atoms with Crippen LogP contribution in [0.3, 0.4) is 0 Å². The molecule has 0 bridgehead atoms. The molecule has 122 valence electrons. The minimum absolute atomic E-state index is 0.234. The smallest absolute Gasteiger partial charge is 0.137 e. The first kappa shape index (κ1) is 16.7. The largest absolute Gasteiger partial charge is 0.506 e. The van der Waals surface area contributed by atoms with Gasteiger partial charge in [0.2, 0.25) is 0 Å². The summed E-state index contributed by atoms with van der Waals surface area (Å²) < 4.78 is 1.85. The van der Waals surface area contributed by atoms with Crippen molar-refractivity contribution in [2.75, 3.05) is 0 Å². The number of nitrogens with zero attached hydrogens (tertiary/aromatic N) is 2. The lowest BCUT2D eigenvalue weighted by Crippen LogP contribution is -1.97. The number of phenolic OH excluding ortho intramolecular Hbond substituents is 1. The molecule has 3 aromatic rings. The highest BCUT2D eigenvalue weighted by Gasteiger charge is 2.23. The summed E-state index contributed by atoms with van der Waals surface area (Å²) in [4.78, 5) is 0. The molecule has 0 atom stereocenters. The number of halogens is 2. The average molecular weight is 550 g/mol. The molecule has 1 aliphatic rings. The van der Waals surface area contributed by atoms with Crippen molar-refractivity contribution in [1.82, 2.24) is 0 Å². The zero-order valence-electron chi connectivity index (χ0n) is 12.9. The van der Waals surface area contributed by atoms with E-state index in [1.807, 2.05) is 36.4 Å². The molecule has 5 heteroatoms. The quantitative estimate of drug-likeness (QED) is 0.202. The van der Waals surface area contributed by atoms with E-state index in [0.717, 1.165) is 24.0 Å². The molecule has 25 heavy (non-hydrogen) atoms. The van der Waals surface area contributed by atoms with E-state index in [0.29, 0.717) is 5.56 Å². The monoisotopic (exact) mass is 550 g/mol. The van der Waals surface area contributed by atoms with Crippen LogP contribution in [0.5, 0.6) is 5.75 Å². The Morgan fingerprint density at radius 3 is 1.96 bits per heavy atom. The molecule has 1 aliphatic carbocycles. The molecule has 0 aliphatic heterocycles. The number of rotatable bonds is 2. The molecule has 0 amide bonds. The van der Waals surface area contributed by atoms with E-state index in [1.54, 1.807) is 6.21 Å². The summed E-state index contributed by atoms with van der Waals surface area (Å²) >= 11 is 4.34. The Morgan fingerprint density at radius 2 is 1.36 bits per heavy atom. The maximum absolute atomic E-state index is 10.2. The van der Waals surface area contributed by atoms with Crippen LogP contribution in [0.2, 0.25) is 0 Å². The fourth-order valence-electron chi connectivity index (χ4n) is 2.93. The summed E-state index contributed by atoms with van der Waals surface area (Å²) in [5.74, 6) is 0.234. The molecule has 1 N–H and O–H groups in total. The highest BCUT2D eigenvalue weighted by molar-refractivity contribution is 14.1. The highest BCUT2D eigenvalue weighted by atomic mass is 127. The van der Waals surface area contributed by atoms with Gasteiger partial charge in [0.1, 0.15) is 11.5 Å². The van der Waals surface area contributed by atoms with E-state index in [1.165, 1.54) is 11.1 Å². The minimum Gasteiger partial charge on any atom is -0.506 e. The molecule has 0 saturated carbocycles. The second-order valence-electron chi connectivity index (χ2n) is 5.61. The summed E-state index contributed by atoms with van der Waals surface area (Å²) in [6.45, 7) is 0. The SMILES string of the molecule is Oc1c(I)cc(I)cc1/C=N\N=C1c2ccccc2-c2ccccc21. The van der Waals surface area contributed by atoms with Crippen LogP contribution in [0, 0.1) is 7.14 Å². The molecule has 0 fully saturated rings. The van der Waals surface area contributed by atoms with Crippen LogP contribution in [-0.4, -0.2) is 17.0 Å². The van der Waals surface area contributed by atoms with Crippen LogP contribution in [0.15, 0.2) is 70.9 Å². The summed E-state index contributed by atoms with van der Waals surface area (Å²) in [6.07, 6.45) is 1.61. The Labute approximate surface area is 172 Å². The molecule has 3 nitrogen and oxygen atoms in total. The van der Waals surface area contributed by atoms with E-state index in [4.69, 9.17) is 0 Å². The molecule has 0 heterocycles. The second-order valence-corrected chi connectivity index (χ2v) is 8.02. The fraction of sp³-hybridized carbons (Fsp3) is 0. The Balaban J connectivity index is 1.78. The maximum atomic E-state index is 10.2. The first-order valence-corrected chi connectivity index (χ1v) is 9.79. The number of hydrogen-bond acceptors (Lipinski definition) is 3. The van der Waals surface area contributed by atoms with Crippen LogP contribution < -0.4 is 0 Å². The zero-order chi connectivity index (χ0) is 17.4. The van der Waals surface area contributed by atoms with Crippen molar-refractivity contribution >= 4 is 57.1 Å². The predicted octanol–water partition coefficient (Wildman–Crippen LogP) is 5.45. The number of hydrogen-bond donors (Lipinski definition) is 1. The van der Waals surface area contributed by atoms with Gasteiger partial charge in [0.05, 0.1) is 9.78 Å². The summed E-state index contributed by atoms with van der Waals surface area (Å²) in [5.41, 5.74) is 6.06. The Bertz CT molecular complexity index is 994. The van der Waals surface area contributed by atoms with Gasteiger partial charge >= 0.3 is 0 Å². The molecule has 0 saturated heterocycles. The van der Waals surface area contributed by atoms with E-state index < -0.39 is 0 Å². The number of fused-ring (bicyclic) bond motifs is 3. The molecule has 0 aromatic heterocycles. The number of benzene rings is 3. The molecule has 3 aromatic carbocycles. The van der Waals surface area contributed by atoms with Gasteiger partial charge in [-0.25, -0.2) is 0 Å². The van der Waals surface area contributed by atoms with Crippen molar-refractivity contribution in [2.24, 2.45) is 10.2 Å². The molecule has 0 unspecified atom stereocenters. The van der Waals surface area contributed by atoms with Crippen LogP contribution >= 0.6 is 45.2 Å². The van der Waals surface area contributed by atoms with Crippen molar-refractivity contribution in [1.29, 1.82) is 0 Å². The van der Waals surface area contributed by atoms with Gasteiger partial charge in [-0.1, -0.05) is 48.5 Å². The van der Waals surface area contributed by atoms with Gasteiger partial charge in [0.15, 0.2) is 0 Å². The van der Waals surface area contributed by atoms with Gasteiger partial charge in [-0.3, -0.25) is 0 Å². The van der Waals surface area contributed by atoms with Crippen molar-refractivity contribution in [3.8, 4) is 16.9 Å². The van der Waals surface area contributed by atoms with Crippen molar-refractivity contribution in [3.63, 3.8) is 0 Å². The van der Waals surface area contributed by atoms with Crippen molar-refractivity contribution in [2.45, 2.75) is 0 Å². The number of aromatic hydroxyl groups is 1. The van der Waals surface area contributed by atoms with E-state index in [9.17, 15) is 5.11 Å². The van der Waals surface area contributed by atoms with Crippen molar-refractivity contribution < 1.29 is 5.11 Å². The van der Waals surface area contributed by atoms with Crippen molar-refractivity contribution in [3.05, 3.63) is 84.5 Å². The number of phenols is 1. The van der Waals surface area contributed by atoms with Crippen LogP contribution in [0.25, 0.3) is 11.1 Å². The zero-order valence-corrected chi connectivity index (χ0v) is 17.3. The van der Waals surface area contributed by atoms with E-state index in [2.05, 4.69) is 79.7 Å². The first-order chi connectivity index (χ1) is 12.1. The van der Waals surface area contributed by atoms with Gasteiger partial charge in [0, 0.05) is 20.3 Å². The maximum Gasteiger partial charge on any atom is 0.137 e. The topological polar surface area (TPSA) is 45.0 Å². The lowest BCUT2D eigenvalue weighted by atomic mass is 10.1. The Kier molecular flexibility index (Phi) is 4.60. The lowest BCUT2D eigenvalue weighted by Gasteiger charge is -2.02. The Hall–Kier alpha value is -1.74. The van der Waals surface area contributed by atoms with E-state index in [-0.39, 0.29) is 5.75 Å². The normalized spacial score (nSPS) is 12.3. The summed E-state index contributed by atoms with van der Waals surface area (Å²) in [6, 6.07) is 20.2. The lowest BCUT2D eigenvalue weighted by molar-refractivity contribution is 0.470. The third-order valence-corrected chi connectivity index (χ3v) is 5.51. The predicted molar refractivity (Wildman–Crippen MR) is 119 cm³/mol. The molecule has 4 rings (SSSR count). The average Bonchev–Trinajstić information content (AvgIpc) is 2.93. The van der Waals surface area contributed by atoms with Crippen LogP contribution in [0.4, 0.5) is 0 Å². The highest BCUT2D eigenvalue weighted by Crippen LogP contribution is 2.36. The third kappa shape index (κ3) is 3.10. The van der Waals surface area contributed by atoms with Gasteiger partial charge in [-0.15, -0.1) is 5.10 Å². The molecule has 0 radical (unpaired) electrons. The standard InChI is InChI=1S/C20H12I2N2O/c21-13-9-12(20(25)18(22)10-13)11-23-24-19-16-7-3-1-5-14(16)15-6-2-4-8-17(15)19/h1-11,25H/b23-11-. The molecular formula is C20H12I2N2O. The van der Waals surface area contributed by atoms with Crippen LogP contribution in [0.1, 0.15) is 16.7 Å². The summed E-state index contributed by atoms with van der Waals surface area (Å²) in [5, 5.41) is 18.9. The molecular weight excluding hydrogens is 538 g/mol. The summed E-state index contributed by atoms with van der Waals surface area (Å²) in [7, 11) is 0. The van der Waals surface area contributed by atoms with Gasteiger partial charge in [0.25, 0.3) is 0 Å². The van der Waals surface area contributed by atoms with Gasteiger partial charge < -0.3 is 5.11 Å². The molecule has 0 spiro atoms. The minimum atomic E-state index is 0.234. The van der Waals surface area contributed by atoms with Gasteiger partial charge in [-0.05, 0) is 68.4 Å². The first-order valence-electron chi connectivity index (χ1n) is 7.63. The Morgan fingerprint density at radius 1 is 0.800 bits per heavy atom. The van der Waals surface area contributed by atoms with Gasteiger partial charge in [-0.2, -0.15) is 5.10 Å². The third-order valence-electron chi connectivity index (χ3n) is 4.07. The second kappa shape index (κ2) is 6.87. The fourth-order valence-corrected chi connectivity index (χ4v) is 4.82. The van der Waals surface area contributed by atoms with E-state index >= 15 is 0 Å².